The van der Waals surface area contributed by atoms with Crippen LogP contribution in [0, 0.1) is 11.3 Å². The lowest BCUT2D eigenvalue weighted by Gasteiger charge is -2.06. The van der Waals surface area contributed by atoms with Crippen LogP contribution in [0.2, 0.25) is 0 Å². The van der Waals surface area contributed by atoms with Gasteiger partial charge in [0.15, 0.2) is 0 Å². The summed E-state index contributed by atoms with van der Waals surface area (Å²) in [4.78, 5) is 0. The minimum Gasteiger partial charge on any atom is -0.494 e. The molecule has 74 valence electrons. The Balaban J connectivity index is 2.51. The molecule has 0 unspecified atom stereocenters. The first kappa shape index (κ1) is 10.4. The molecule has 0 aromatic heterocycles. The normalized spacial score (nSPS) is 9.14. The van der Waals surface area contributed by atoms with E-state index >= 15 is 0 Å². The first-order valence-corrected chi connectivity index (χ1v) is 4.59. The maximum Gasteiger partial charge on any atom is 0.123 e. The number of nitriles is 1. The zero-order valence-electron chi connectivity index (χ0n) is 8.19. The molecule has 0 heterocycles. The van der Waals surface area contributed by atoms with E-state index in [0.29, 0.717) is 19.6 Å². The molecule has 1 rings (SSSR count). The number of hydrogen-bond donors (Lipinski definition) is 0. The van der Waals surface area contributed by atoms with Crippen molar-refractivity contribution in [2.45, 2.75) is 13.3 Å². The van der Waals surface area contributed by atoms with Crippen molar-refractivity contribution in [2.24, 2.45) is 0 Å². The van der Waals surface area contributed by atoms with E-state index in [9.17, 15) is 0 Å². The van der Waals surface area contributed by atoms with Crippen molar-refractivity contribution < 1.29 is 9.47 Å². The first-order chi connectivity index (χ1) is 6.86. The molecule has 0 N–H and O–H groups in total. The second-order valence-corrected chi connectivity index (χ2v) is 2.66. The molecule has 0 aliphatic rings. The average Bonchev–Trinajstić information content (AvgIpc) is 2.19. The van der Waals surface area contributed by atoms with Gasteiger partial charge in [-0.3, -0.25) is 0 Å². The molecule has 0 amide bonds. The van der Waals surface area contributed by atoms with Crippen LogP contribution in [0.5, 0.6) is 11.5 Å². The van der Waals surface area contributed by atoms with Crippen LogP contribution in [0.15, 0.2) is 24.3 Å². The highest BCUT2D eigenvalue weighted by Gasteiger charge is 1.96. The Hall–Kier alpha value is -1.69. The number of ether oxygens (including phenoxy) is 2. The lowest BCUT2D eigenvalue weighted by molar-refractivity contribution is 0.315. The van der Waals surface area contributed by atoms with Crippen molar-refractivity contribution in [3.05, 3.63) is 24.3 Å². The lowest BCUT2D eigenvalue weighted by Crippen LogP contribution is -1.96. The first-order valence-electron chi connectivity index (χ1n) is 4.59. The van der Waals surface area contributed by atoms with E-state index in [4.69, 9.17) is 14.7 Å². The van der Waals surface area contributed by atoms with Crippen molar-refractivity contribution in [1.82, 2.24) is 0 Å². The van der Waals surface area contributed by atoms with Gasteiger partial charge in [0.2, 0.25) is 0 Å². The highest BCUT2D eigenvalue weighted by Crippen LogP contribution is 2.19. The SMILES string of the molecule is CCOc1cccc(OCCC#N)c1. The third kappa shape index (κ3) is 3.36. The second kappa shape index (κ2) is 5.87. The van der Waals surface area contributed by atoms with Gasteiger partial charge in [-0.15, -0.1) is 0 Å². The largest absolute Gasteiger partial charge is 0.494 e. The predicted octanol–water partition coefficient (Wildman–Crippen LogP) is 2.38. The number of rotatable bonds is 5. The fourth-order valence-corrected chi connectivity index (χ4v) is 1.03. The molecule has 0 saturated carbocycles. The number of hydrogen-bond acceptors (Lipinski definition) is 3. The van der Waals surface area contributed by atoms with Crippen LogP contribution in [0.3, 0.4) is 0 Å². The third-order valence-electron chi connectivity index (χ3n) is 1.60. The summed E-state index contributed by atoms with van der Waals surface area (Å²) in [6, 6.07) is 9.43. The van der Waals surface area contributed by atoms with E-state index < -0.39 is 0 Å². The van der Waals surface area contributed by atoms with Gasteiger partial charge >= 0.3 is 0 Å². The van der Waals surface area contributed by atoms with Gasteiger partial charge in [0.25, 0.3) is 0 Å². The number of nitrogens with zero attached hydrogens (tertiary/aromatic N) is 1. The monoisotopic (exact) mass is 191 g/mol. The van der Waals surface area contributed by atoms with Crippen molar-refractivity contribution >= 4 is 0 Å². The standard InChI is InChI=1S/C11H13NO2/c1-2-13-10-5-3-6-11(9-10)14-8-4-7-12/h3,5-6,9H,2,4,8H2,1H3. The molecular formula is C11H13NO2. The smallest absolute Gasteiger partial charge is 0.123 e. The van der Waals surface area contributed by atoms with Gasteiger partial charge in [-0.1, -0.05) is 6.07 Å². The second-order valence-electron chi connectivity index (χ2n) is 2.66. The zero-order valence-corrected chi connectivity index (χ0v) is 8.19. The Morgan fingerprint density at radius 3 is 2.64 bits per heavy atom. The molecule has 0 aliphatic carbocycles. The summed E-state index contributed by atoms with van der Waals surface area (Å²) in [5.41, 5.74) is 0. The molecule has 14 heavy (non-hydrogen) atoms. The molecule has 0 fully saturated rings. The maximum absolute atomic E-state index is 8.33. The summed E-state index contributed by atoms with van der Waals surface area (Å²) < 4.78 is 10.6. The molecule has 3 nitrogen and oxygen atoms in total. The maximum atomic E-state index is 8.33. The van der Waals surface area contributed by atoms with E-state index in [1.165, 1.54) is 0 Å². The minimum absolute atomic E-state index is 0.402. The molecule has 0 radical (unpaired) electrons. The van der Waals surface area contributed by atoms with Crippen LogP contribution in [0.1, 0.15) is 13.3 Å². The van der Waals surface area contributed by atoms with Crippen LogP contribution in [-0.2, 0) is 0 Å². The topological polar surface area (TPSA) is 42.2 Å². The molecule has 0 aliphatic heterocycles. The highest BCUT2D eigenvalue weighted by molar-refractivity contribution is 5.32. The van der Waals surface area contributed by atoms with Crippen molar-refractivity contribution in [3.63, 3.8) is 0 Å². The Morgan fingerprint density at radius 1 is 1.29 bits per heavy atom. The fourth-order valence-electron chi connectivity index (χ4n) is 1.03. The van der Waals surface area contributed by atoms with Gasteiger partial charge in [-0.25, -0.2) is 0 Å². The van der Waals surface area contributed by atoms with E-state index in [-0.39, 0.29) is 0 Å². The van der Waals surface area contributed by atoms with Gasteiger partial charge in [0, 0.05) is 6.07 Å². The van der Waals surface area contributed by atoms with Gasteiger partial charge in [-0.05, 0) is 19.1 Å². The minimum atomic E-state index is 0.402. The molecule has 1 aromatic carbocycles. The Kier molecular flexibility index (Phi) is 4.36. The highest BCUT2D eigenvalue weighted by atomic mass is 16.5. The van der Waals surface area contributed by atoms with Crippen LogP contribution >= 0.6 is 0 Å². The summed E-state index contributed by atoms with van der Waals surface area (Å²) in [7, 11) is 0. The summed E-state index contributed by atoms with van der Waals surface area (Å²) in [5.74, 6) is 1.54. The summed E-state index contributed by atoms with van der Waals surface area (Å²) >= 11 is 0. The van der Waals surface area contributed by atoms with Gasteiger partial charge in [-0.2, -0.15) is 5.26 Å². The van der Waals surface area contributed by atoms with Crippen molar-refractivity contribution in [3.8, 4) is 17.6 Å². The van der Waals surface area contributed by atoms with E-state index in [2.05, 4.69) is 0 Å². The number of benzene rings is 1. The van der Waals surface area contributed by atoms with Crippen LogP contribution in [-0.4, -0.2) is 13.2 Å². The van der Waals surface area contributed by atoms with E-state index in [0.717, 1.165) is 11.5 Å². The van der Waals surface area contributed by atoms with Gasteiger partial charge in [0.1, 0.15) is 18.1 Å². The van der Waals surface area contributed by atoms with Crippen LogP contribution in [0.4, 0.5) is 0 Å². The molecule has 0 bridgehead atoms. The summed E-state index contributed by atoms with van der Waals surface area (Å²) in [5, 5.41) is 8.33. The van der Waals surface area contributed by atoms with Crippen molar-refractivity contribution in [1.29, 1.82) is 5.26 Å². The average molecular weight is 191 g/mol. The predicted molar refractivity (Wildman–Crippen MR) is 53.3 cm³/mol. The molecular weight excluding hydrogens is 178 g/mol. The van der Waals surface area contributed by atoms with Crippen LogP contribution < -0.4 is 9.47 Å². The molecule has 0 spiro atoms. The Bertz CT molecular complexity index is 317. The van der Waals surface area contributed by atoms with Gasteiger partial charge in [0.05, 0.1) is 19.1 Å². The molecule has 3 heteroatoms. The van der Waals surface area contributed by atoms with Crippen molar-refractivity contribution in [2.75, 3.05) is 13.2 Å². The molecule has 1 aromatic rings. The summed E-state index contributed by atoms with van der Waals surface area (Å²) in [6.07, 6.45) is 0.402. The fraction of sp³-hybridized carbons (Fsp3) is 0.364. The van der Waals surface area contributed by atoms with Crippen LogP contribution in [0.25, 0.3) is 0 Å². The molecule has 0 saturated heterocycles. The van der Waals surface area contributed by atoms with E-state index in [1.54, 1.807) is 0 Å². The van der Waals surface area contributed by atoms with Gasteiger partial charge < -0.3 is 9.47 Å². The quantitative estimate of drug-likeness (QED) is 0.671. The zero-order chi connectivity index (χ0) is 10.2. The third-order valence-corrected chi connectivity index (χ3v) is 1.60. The summed E-state index contributed by atoms with van der Waals surface area (Å²) in [6.45, 7) is 3.00. The molecule has 0 atom stereocenters. The lowest BCUT2D eigenvalue weighted by atomic mass is 10.3. The Morgan fingerprint density at radius 2 is 2.00 bits per heavy atom. The van der Waals surface area contributed by atoms with E-state index in [1.807, 2.05) is 37.3 Å². The Labute approximate surface area is 83.9 Å².